The second-order valence-corrected chi connectivity index (χ2v) is 5.99. The summed E-state index contributed by atoms with van der Waals surface area (Å²) in [4.78, 5) is 42.4. The summed E-state index contributed by atoms with van der Waals surface area (Å²) in [6.45, 7) is 0. The SMILES string of the molecule is O=C1c2ccccc2C(=O)N1n1cnc2c(cnn2-c2ccccc2)c1=O. The molecule has 0 atom stereocenters. The number of hydrogen-bond donors (Lipinski definition) is 0. The highest BCUT2D eigenvalue weighted by molar-refractivity contribution is 6.30. The molecule has 0 spiro atoms. The van der Waals surface area contributed by atoms with Crippen LogP contribution in [-0.4, -0.2) is 31.3 Å². The number of imide groups is 1. The summed E-state index contributed by atoms with van der Waals surface area (Å²) < 4.78 is 2.47. The van der Waals surface area contributed by atoms with Crippen molar-refractivity contribution in [3.05, 3.63) is 88.6 Å². The van der Waals surface area contributed by atoms with Crippen LogP contribution in [0, 0.1) is 0 Å². The Kier molecular flexibility index (Phi) is 3.08. The maximum Gasteiger partial charge on any atom is 0.284 e. The van der Waals surface area contributed by atoms with Crippen LogP contribution in [0.15, 0.2) is 71.9 Å². The van der Waals surface area contributed by atoms with E-state index in [1.807, 2.05) is 30.3 Å². The zero-order chi connectivity index (χ0) is 18.5. The van der Waals surface area contributed by atoms with E-state index in [2.05, 4.69) is 10.1 Å². The number of benzene rings is 2. The zero-order valence-corrected chi connectivity index (χ0v) is 13.8. The second kappa shape index (κ2) is 5.46. The van der Waals surface area contributed by atoms with Gasteiger partial charge in [0.2, 0.25) is 0 Å². The van der Waals surface area contributed by atoms with Crippen LogP contribution in [0.5, 0.6) is 0 Å². The highest BCUT2D eigenvalue weighted by Gasteiger charge is 2.37. The summed E-state index contributed by atoms with van der Waals surface area (Å²) in [6, 6.07) is 15.7. The van der Waals surface area contributed by atoms with Crippen molar-refractivity contribution in [2.45, 2.75) is 0 Å². The van der Waals surface area contributed by atoms with Crippen molar-refractivity contribution < 1.29 is 9.59 Å². The van der Waals surface area contributed by atoms with Crippen molar-refractivity contribution in [1.82, 2.24) is 19.4 Å². The predicted octanol–water partition coefficient (Wildman–Crippen LogP) is 1.51. The van der Waals surface area contributed by atoms with Crippen molar-refractivity contribution in [1.29, 1.82) is 0 Å². The van der Waals surface area contributed by atoms with Gasteiger partial charge in [-0.2, -0.15) is 14.8 Å². The van der Waals surface area contributed by atoms with Crippen LogP contribution in [0.1, 0.15) is 20.7 Å². The summed E-state index contributed by atoms with van der Waals surface area (Å²) in [7, 11) is 0. The van der Waals surface area contributed by atoms with Crippen LogP contribution in [0.3, 0.4) is 0 Å². The fourth-order valence-corrected chi connectivity index (χ4v) is 3.18. The topological polar surface area (TPSA) is 90.1 Å². The number of amides is 2. The predicted molar refractivity (Wildman–Crippen MR) is 96.4 cm³/mol. The Balaban J connectivity index is 1.67. The lowest BCUT2D eigenvalue weighted by Gasteiger charge is -2.15. The smallest absolute Gasteiger partial charge is 0.267 e. The molecule has 2 aromatic carbocycles. The molecular weight excluding hydrogens is 346 g/mol. The normalized spacial score (nSPS) is 13.4. The van der Waals surface area contributed by atoms with Crippen LogP contribution in [-0.2, 0) is 0 Å². The number of hydrogen-bond acceptors (Lipinski definition) is 5. The molecule has 0 radical (unpaired) electrons. The maximum absolute atomic E-state index is 12.9. The van der Waals surface area contributed by atoms with Gasteiger partial charge < -0.3 is 0 Å². The van der Waals surface area contributed by atoms with Crippen molar-refractivity contribution >= 4 is 22.8 Å². The number of nitrogens with zero attached hydrogens (tertiary/aromatic N) is 5. The summed E-state index contributed by atoms with van der Waals surface area (Å²) in [6.07, 6.45) is 2.56. The van der Waals surface area contributed by atoms with E-state index in [1.165, 1.54) is 17.2 Å². The molecule has 27 heavy (non-hydrogen) atoms. The third kappa shape index (κ3) is 2.07. The van der Waals surface area contributed by atoms with Gasteiger partial charge in [-0.25, -0.2) is 9.67 Å². The molecule has 1 aliphatic rings. The van der Waals surface area contributed by atoms with E-state index in [0.717, 1.165) is 15.4 Å². The van der Waals surface area contributed by atoms with Crippen molar-refractivity contribution in [2.24, 2.45) is 0 Å². The van der Waals surface area contributed by atoms with Gasteiger partial charge in [0.1, 0.15) is 11.7 Å². The molecule has 5 rings (SSSR count). The fourth-order valence-electron chi connectivity index (χ4n) is 3.18. The zero-order valence-electron chi connectivity index (χ0n) is 13.8. The lowest BCUT2D eigenvalue weighted by Crippen LogP contribution is -2.46. The molecule has 8 heteroatoms. The molecule has 0 aliphatic carbocycles. The highest BCUT2D eigenvalue weighted by Crippen LogP contribution is 2.21. The molecule has 2 aromatic heterocycles. The summed E-state index contributed by atoms with van der Waals surface area (Å²) in [5.74, 6) is -1.12. The molecule has 0 bridgehead atoms. The minimum Gasteiger partial charge on any atom is -0.267 e. The van der Waals surface area contributed by atoms with Crippen LogP contribution in [0.4, 0.5) is 0 Å². The van der Waals surface area contributed by atoms with Gasteiger partial charge in [0.05, 0.1) is 23.0 Å². The highest BCUT2D eigenvalue weighted by atomic mass is 16.2. The van der Waals surface area contributed by atoms with Crippen molar-refractivity contribution in [2.75, 3.05) is 5.01 Å². The van der Waals surface area contributed by atoms with E-state index >= 15 is 0 Å². The van der Waals surface area contributed by atoms with Crippen LogP contribution >= 0.6 is 0 Å². The first-order chi connectivity index (χ1) is 13.2. The average molecular weight is 357 g/mol. The molecular formula is C19H11N5O3. The minimum absolute atomic E-state index is 0.206. The van der Waals surface area contributed by atoms with Gasteiger partial charge in [-0.1, -0.05) is 30.3 Å². The van der Waals surface area contributed by atoms with E-state index in [-0.39, 0.29) is 16.5 Å². The summed E-state index contributed by atoms with van der Waals surface area (Å²) in [5, 5.41) is 5.24. The van der Waals surface area contributed by atoms with Gasteiger partial charge in [-0.15, -0.1) is 0 Å². The number of aromatic nitrogens is 4. The number of rotatable bonds is 2. The van der Waals surface area contributed by atoms with Gasteiger partial charge in [0, 0.05) is 0 Å². The molecule has 0 saturated carbocycles. The molecule has 8 nitrogen and oxygen atoms in total. The third-order valence-electron chi connectivity index (χ3n) is 4.46. The first kappa shape index (κ1) is 15.2. The first-order valence-corrected chi connectivity index (χ1v) is 8.16. The Morgan fingerprint density at radius 2 is 1.41 bits per heavy atom. The van der Waals surface area contributed by atoms with E-state index in [4.69, 9.17) is 0 Å². The number of carbonyl (C=O) groups is 2. The van der Waals surface area contributed by atoms with Gasteiger partial charge in [0.25, 0.3) is 17.4 Å². The average Bonchev–Trinajstić information content (AvgIpc) is 3.24. The summed E-state index contributed by atoms with van der Waals surface area (Å²) in [5.41, 5.74) is 1.07. The Morgan fingerprint density at radius 1 is 0.778 bits per heavy atom. The van der Waals surface area contributed by atoms with Gasteiger partial charge in [-0.05, 0) is 24.3 Å². The van der Waals surface area contributed by atoms with Crippen molar-refractivity contribution in [3.63, 3.8) is 0 Å². The lowest BCUT2D eigenvalue weighted by molar-refractivity contribution is 0.0884. The van der Waals surface area contributed by atoms with Crippen molar-refractivity contribution in [3.8, 4) is 5.69 Å². The Morgan fingerprint density at radius 3 is 2.07 bits per heavy atom. The Hall–Kier alpha value is -4.07. The standard InChI is InChI=1S/C19H11N5O3/c25-17-15-10-21-23(12-6-2-1-3-7-12)16(15)20-11-22(17)24-18(26)13-8-4-5-9-14(13)19(24)27/h1-11H. The molecule has 4 aromatic rings. The lowest BCUT2D eigenvalue weighted by atomic mass is 10.1. The monoisotopic (exact) mass is 357 g/mol. The van der Waals surface area contributed by atoms with E-state index in [9.17, 15) is 14.4 Å². The largest absolute Gasteiger partial charge is 0.284 e. The van der Waals surface area contributed by atoms with E-state index in [0.29, 0.717) is 5.65 Å². The molecule has 2 amide bonds. The molecule has 1 aliphatic heterocycles. The second-order valence-electron chi connectivity index (χ2n) is 5.99. The fraction of sp³-hybridized carbons (Fsp3) is 0. The molecule has 3 heterocycles. The van der Waals surface area contributed by atoms with Crippen LogP contribution < -0.4 is 10.6 Å². The number of para-hydroxylation sites is 1. The number of carbonyl (C=O) groups excluding carboxylic acids is 2. The molecule has 130 valence electrons. The van der Waals surface area contributed by atoms with Crippen LogP contribution in [0.2, 0.25) is 0 Å². The molecule has 0 unspecified atom stereocenters. The van der Waals surface area contributed by atoms with E-state index in [1.54, 1.807) is 24.3 Å². The quantitative estimate of drug-likeness (QED) is 0.507. The Labute approximate surface area is 151 Å². The Bertz CT molecular complexity index is 1250. The molecule has 0 fully saturated rings. The maximum atomic E-state index is 12.9. The number of fused-ring (bicyclic) bond motifs is 2. The molecule has 0 N–H and O–H groups in total. The van der Waals surface area contributed by atoms with Gasteiger partial charge in [-0.3, -0.25) is 14.4 Å². The van der Waals surface area contributed by atoms with Gasteiger partial charge >= 0.3 is 0 Å². The van der Waals surface area contributed by atoms with Gasteiger partial charge in [0.15, 0.2) is 5.65 Å². The third-order valence-corrected chi connectivity index (χ3v) is 4.46. The molecule has 0 saturated heterocycles. The minimum atomic E-state index is -0.561. The van der Waals surface area contributed by atoms with E-state index < -0.39 is 17.4 Å². The first-order valence-electron chi connectivity index (χ1n) is 8.16. The van der Waals surface area contributed by atoms with Crippen LogP contribution in [0.25, 0.3) is 16.7 Å². The summed E-state index contributed by atoms with van der Waals surface area (Å²) >= 11 is 0.